The lowest BCUT2D eigenvalue weighted by Gasteiger charge is -2.33. The van der Waals surface area contributed by atoms with Gasteiger partial charge in [-0.05, 0) is 24.5 Å². The van der Waals surface area contributed by atoms with Gasteiger partial charge >= 0.3 is 12.1 Å². The zero-order valence-corrected chi connectivity index (χ0v) is 12.1. The Morgan fingerprint density at radius 3 is 3.05 bits per heavy atom. The number of amides is 4. The van der Waals surface area contributed by atoms with E-state index in [1.165, 1.54) is 5.56 Å². The van der Waals surface area contributed by atoms with Gasteiger partial charge in [0.2, 0.25) is 0 Å². The van der Waals surface area contributed by atoms with Crippen molar-refractivity contribution in [2.24, 2.45) is 0 Å². The van der Waals surface area contributed by atoms with E-state index < -0.39 is 0 Å². The van der Waals surface area contributed by atoms with E-state index in [1.807, 2.05) is 18.2 Å². The molecular weight excluding hydrogens is 282 g/mol. The molecule has 0 saturated carbocycles. The summed E-state index contributed by atoms with van der Waals surface area (Å²) in [7, 11) is 0. The van der Waals surface area contributed by atoms with Crippen LogP contribution in [0.4, 0.5) is 15.3 Å². The predicted molar refractivity (Wildman–Crippen MR) is 81.7 cm³/mol. The van der Waals surface area contributed by atoms with Crippen LogP contribution in [0.25, 0.3) is 0 Å². The SMILES string of the molecule is O=C1NC2CC(NC(=O)N3CCc4ccccc43)CNC2N1. The lowest BCUT2D eigenvalue weighted by molar-refractivity contribution is 0.232. The molecule has 3 unspecified atom stereocenters. The first-order valence-corrected chi connectivity index (χ1v) is 7.67. The van der Waals surface area contributed by atoms with E-state index >= 15 is 0 Å². The van der Waals surface area contributed by atoms with Crippen molar-refractivity contribution in [3.05, 3.63) is 29.8 Å². The first kappa shape index (κ1) is 13.4. The second kappa shape index (κ2) is 5.17. The maximum atomic E-state index is 12.5. The van der Waals surface area contributed by atoms with Gasteiger partial charge < -0.3 is 16.0 Å². The number of rotatable bonds is 1. The minimum atomic E-state index is -0.150. The van der Waals surface area contributed by atoms with Gasteiger partial charge in [-0.1, -0.05) is 18.2 Å². The van der Waals surface area contributed by atoms with Crippen LogP contribution in [-0.2, 0) is 6.42 Å². The zero-order valence-electron chi connectivity index (χ0n) is 12.1. The van der Waals surface area contributed by atoms with Crippen molar-refractivity contribution in [3.63, 3.8) is 0 Å². The van der Waals surface area contributed by atoms with Crippen LogP contribution in [0.2, 0.25) is 0 Å². The highest BCUT2D eigenvalue weighted by atomic mass is 16.2. The molecule has 3 aliphatic heterocycles. The minimum Gasteiger partial charge on any atom is -0.334 e. The number of carbonyl (C=O) groups excluding carboxylic acids is 2. The summed E-state index contributed by atoms with van der Waals surface area (Å²) in [4.78, 5) is 25.6. The number of fused-ring (bicyclic) bond motifs is 2. The Balaban J connectivity index is 1.40. The Morgan fingerprint density at radius 2 is 2.14 bits per heavy atom. The molecule has 4 N–H and O–H groups in total. The molecule has 7 nitrogen and oxygen atoms in total. The molecule has 116 valence electrons. The topological polar surface area (TPSA) is 85.5 Å². The molecule has 0 aliphatic carbocycles. The van der Waals surface area contributed by atoms with Gasteiger partial charge in [-0.25, -0.2) is 9.59 Å². The molecule has 22 heavy (non-hydrogen) atoms. The fourth-order valence-electron chi connectivity index (χ4n) is 3.49. The normalized spacial score (nSPS) is 29.4. The average Bonchev–Trinajstić information content (AvgIpc) is 3.09. The van der Waals surface area contributed by atoms with Crippen LogP contribution in [-0.4, -0.2) is 43.4 Å². The number of nitrogens with one attached hydrogen (secondary N) is 4. The van der Waals surface area contributed by atoms with Gasteiger partial charge in [0.1, 0.15) is 6.17 Å². The third kappa shape index (κ3) is 2.27. The van der Waals surface area contributed by atoms with Crippen molar-refractivity contribution < 1.29 is 9.59 Å². The summed E-state index contributed by atoms with van der Waals surface area (Å²) in [6.07, 6.45) is 1.60. The minimum absolute atomic E-state index is 0.0155. The second-order valence-corrected chi connectivity index (χ2v) is 6.02. The number of anilines is 1. The number of benzene rings is 1. The molecule has 4 amide bonds. The lowest BCUT2D eigenvalue weighted by atomic mass is 10.0. The van der Waals surface area contributed by atoms with Gasteiger partial charge in [0.05, 0.1) is 6.04 Å². The number of piperidine rings is 1. The Morgan fingerprint density at radius 1 is 1.27 bits per heavy atom. The second-order valence-electron chi connectivity index (χ2n) is 6.02. The van der Waals surface area contributed by atoms with Crippen LogP contribution in [0.3, 0.4) is 0 Å². The predicted octanol–water partition coefficient (Wildman–Crippen LogP) is 0.128. The molecular formula is C15H19N5O2. The molecule has 1 aromatic rings. The number of hydrogen-bond acceptors (Lipinski definition) is 3. The van der Waals surface area contributed by atoms with Crippen molar-refractivity contribution >= 4 is 17.7 Å². The fraction of sp³-hybridized carbons (Fsp3) is 0.467. The van der Waals surface area contributed by atoms with Crippen LogP contribution in [0.15, 0.2) is 24.3 Å². The summed E-state index contributed by atoms with van der Waals surface area (Å²) in [5.74, 6) is 0. The molecule has 2 saturated heterocycles. The highest BCUT2D eigenvalue weighted by Crippen LogP contribution is 2.27. The molecule has 1 aromatic carbocycles. The van der Waals surface area contributed by atoms with Gasteiger partial charge in [0.15, 0.2) is 0 Å². The monoisotopic (exact) mass is 301 g/mol. The van der Waals surface area contributed by atoms with Crippen molar-refractivity contribution in [2.75, 3.05) is 18.0 Å². The smallest absolute Gasteiger partial charge is 0.322 e. The Hall–Kier alpha value is -2.28. The van der Waals surface area contributed by atoms with Gasteiger partial charge in [0, 0.05) is 24.8 Å². The van der Waals surface area contributed by atoms with Crippen molar-refractivity contribution in [2.45, 2.75) is 31.1 Å². The summed E-state index contributed by atoms with van der Waals surface area (Å²) in [5, 5.41) is 12.0. The van der Waals surface area contributed by atoms with E-state index in [4.69, 9.17) is 0 Å². The Bertz CT molecular complexity index is 620. The molecule has 3 heterocycles. The molecule has 4 rings (SSSR count). The molecule has 3 atom stereocenters. The van der Waals surface area contributed by atoms with E-state index in [0.717, 1.165) is 25.1 Å². The first-order valence-electron chi connectivity index (χ1n) is 7.67. The summed E-state index contributed by atoms with van der Waals surface area (Å²) >= 11 is 0. The van der Waals surface area contributed by atoms with Crippen molar-refractivity contribution in [1.82, 2.24) is 21.3 Å². The highest BCUT2D eigenvalue weighted by molar-refractivity contribution is 5.94. The van der Waals surface area contributed by atoms with Crippen LogP contribution < -0.4 is 26.2 Å². The summed E-state index contributed by atoms with van der Waals surface area (Å²) in [6.45, 7) is 1.38. The molecule has 0 bridgehead atoms. The Labute approximate surface area is 128 Å². The van der Waals surface area contributed by atoms with E-state index in [2.05, 4.69) is 27.3 Å². The van der Waals surface area contributed by atoms with Crippen molar-refractivity contribution in [1.29, 1.82) is 0 Å². The first-order chi connectivity index (χ1) is 10.7. The standard InChI is InChI=1S/C15H19N5O2/c21-14-18-11-7-10(8-16-13(11)19-14)17-15(22)20-6-5-9-3-1-2-4-12(9)20/h1-4,10-11,13,16H,5-8H2,(H,17,22)(H2,18,19,21). The maximum Gasteiger partial charge on any atom is 0.322 e. The number of carbonyl (C=O) groups is 2. The van der Waals surface area contributed by atoms with Gasteiger partial charge in [-0.3, -0.25) is 10.2 Å². The number of para-hydroxylation sites is 1. The quantitative estimate of drug-likeness (QED) is 0.595. The fourth-order valence-corrected chi connectivity index (χ4v) is 3.49. The molecule has 0 aromatic heterocycles. The number of urea groups is 2. The highest BCUT2D eigenvalue weighted by Gasteiger charge is 2.38. The van der Waals surface area contributed by atoms with Gasteiger partial charge in [-0.15, -0.1) is 0 Å². The molecule has 7 heteroatoms. The molecule has 3 aliphatic rings. The van der Waals surface area contributed by atoms with E-state index in [1.54, 1.807) is 4.90 Å². The third-order valence-electron chi connectivity index (χ3n) is 4.59. The maximum absolute atomic E-state index is 12.5. The van der Waals surface area contributed by atoms with Crippen LogP contribution in [0.5, 0.6) is 0 Å². The molecule has 0 spiro atoms. The van der Waals surface area contributed by atoms with Crippen LogP contribution in [0.1, 0.15) is 12.0 Å². The van der Waals surface area contributed by atoms with Crippen LogP contribution in [0, 0.1) is 0 Å². The zero-order chi connectivity index (χ0) is 15.1. The third-order valence-corrected chi connectivity index (χ3v) is 4.59. The largest absolute Gasteiger partial charge is 0.334 e. The Kier molecular flexibility index (Phi) is 3.15. The summed E-state index contributed by atoms with van der Waals surface area (Å²) < 4.78 is 0. The summed E-state index contributed by atoms with van der Waals surface area (Å²) in [6, 6.07) is 7.83. The van der Waals surface area contributed by atoms with Gasteiger partial charge in [-0.2, -0.15) is 0 Å². The summed E-state index contributed by atoms with van der Waals surface area (Å²) in [5.41, 5.74) is 2.21. The lowest BCUT2D eigenvalue weighted by Crippen LogP contribution is -2.60. The van der Waals surface area contributed by atoms with E-state index in [9.17, 15) is 9.59 Å². The average molecular weight is 301 g/mol. The van der Waals surface area contributed by atoms with Crippen LogP contribution >= 0.6 is 0 Å². The van der Waals surface area contributed by atoms with Gasteiger partial charge in [0.25, 0.3) is 0 Å². The molecule has 0 radical (unpaired) electrons. The number of hydrogen-bond donors (Lipinski definition) is 4. The molecule has 2 fully saturated rings. The van der Waals surface area contributed by atoms with Crippen molar-refractivity contribution in [3.8, 4) is 0 Å². The van der Waals surface area contributed by atoms with E-state index in [0.29, 0.717) is 6.54 Å². The number of nitrogens with zero attached hydrogens (tertiary/aromatic N) is 1. The van der Waals surface area contributed by atoms with E-state index in [-0.39, 0.29) is 30.3 Å².